The van der Waals surface area contributed by atoms with Gasteiger partial charge in [-0.3, -0.25) is 4.79 Å². The summed E-state index contributed by atoms with van der Waals surface area (Å²) in [5.41, 5.74) is 6.98. The molecule has 0 bridgehead atoms. The lowest BCUT2D eigenvalue weighted by Crippen LogP contribution is -2.27. The fourth-order valence-electron chi connectivity index (χ4n) is 1.96. The molecule has 0 aliphatic carbocycles. The Hall–Kier alpha value is -1.63. The number of nitrogens with zero attached hydrogens (tertiary/aromatic N) is 1. The van der Waals surface area contributed by atoms with Gasteiger partial charge in [0.05, 0.1) is 0 Å². The highest BCUT2D eigenvalue weighted by Crippen LogP contribution is 2.23. The van der Waals surface area contributed by atoms with Crippen molar-refractivity contribution in [3.63, 3.8) is 0 Å². The number of carbonyl (C=O) groups excluding carboxylic acids is 1. The van der Waals surface area contributed by atoms with Gasteiger partial charge in [0.15, 0.2) is 0 Å². The zero-order valence-corrected chi connectivity index (χ0v) is 10.4. The predicted molar refractivity (Wildman–Crippen MR) is 64.7 cm³/mol. The molecule has 0 aromatic heterocycles. The molecule has 0 spiro atoms. The number of rotatable bonds is 3. The van der Waals surface area contributed by atoms with Gasteiger partial charge in [0.2, 0.25) is 5.91 Å². The Morgan fingerprint density at radius 3 is 2.61 bits per heavy atom. The van der Waals surface area contributed by atoms with Crippen molar-refractivity contribution in [1.82, 2.24) is 4.90 Å². The van der Waals surface area contributed by atoms with Crippen LogP contribution in [0.15, 0.2) is 24.3 Å². The largest absolute Gasteiger partial charge is 0.398 e. The van der Waals surface area contributed by atoms with Gasteiger partial charge in [-0.15, -0.1) is 3.89 Å². The van der Waals surface area contributed by atoms with Crippen LogP contribution in [0.1, 0.15) is 12.0 Å². The van der Waals surface area contributed by atoms with E-state index in [4.69, 9.17) is 5.73 Å². The monoisotopic (exact) mass is 272 g/mol. The van der Waals surface area contributed by atoms with Crippen molar-refractivity contribution in [1.29, 1.82) is 0 Å². The molecule has 0 radical (unpaired) electrons. The molecular weight excluding hydrogens is 259 g/mol. The van der Waals surface area contributed by atoms with E-state index < -0.39 is 15.5 Å². The average molecular weight is 272 g/mol. The standard InChI is InChI=1S/C11H13FN2O3S/c12-18(16,17)9-5-11(15)14(7-9)6-8-3-1-2-4-10(8)13/h1-4,9H,5-7,13H2. The minimum atomic E-state index is -4.66. The second-order valence-electron chi connectivity index (χ2n) is 4.27. The lowest BCUT2D eigenvalue weighted by Gasteiger charge is -2.17. The summed E-state index contributed by atoms with van der Waals surface area (Å²) >= 11 is 0. The summed E-state index contributed by atoms with van der Waals surface area (Å²) in [6, 6.07) is 6.98. The van der Waals surface area contributed by atoms with Crippen LogP contribution in [0, 0.1) is 0 Å². The van der Waals surface area contributed by atoms with Gasteiger partial charge in [0, 0.05) is 25.2 Å². The molecule has 18 heavy (non-hydrogen) atoms. The van der Waals surface area contributed by atoms with Crippen molar-refractivity contribution in [2.24, 2.45) is 0 Å². The highest BCUT2D eigenvalue weighted by molar-refractivity contribution is 7.87. The number of carbonyl (C=O) groups is 1. The molecule has 5 nitrogen and oxygen atoms in total. The third-order valence-electron chi connectivity index (χ3n) is 2.99. The minimum Gasteiger partial charge on any atom is -0.398 e. The van der Waals surface area contributed by atoms with Crippen molar-refractivity contribution < 1.29 is 17.1 Å². The van der Waals surface area contributed by atoms with E-state index in [1.54, 1.807) is 24.3 Å². The molecule has 0 saturated carbocycles. The number of nitrogens with two attached hydrogens (primary N) is 1. The minimum absolute atomic E-state index is 0.119. The molecule has 1 unspecified atom stereocenters. The molecule has 2 N–H and O–H groups in total. The molecule has 1 saturated heterocycles. The third-order valence-corrected chi connectivity index (χ3v) is 4.11. The molecule has 1 fully saturated rings. The van der Waals surface area contributed by atoms with Crippen LogP contribution < -0.4 is 5.73 Å². The average Bonchev–Trinajstić information content (AvgIpc) is 2.63. The van der Waals surface area contributed by atoms with Gasteiger partial charge >= 0.3 is 10.2 Å². The van der Waals surface area contributed by atoms with E-state index in [9.17, 15) is 17.1 Å². The van der Waals surface area contributed by atoms with Crippen molar-refractivity contribution in [2.45, 2.75) is 18.2 Å². The molecule has 1 amide bonds. The molecule has 7 heteroatoms. The van der Waals surface area contributed by atoms with E-state index in [2.05, 4.69) is 0 Å². The van der Waals surface area contributed by atoms with E-state index in [-0.39, 0.29) is 25.4 Å². The van der Waals surface area contributed by atoms with Crippen molar-refractivity contribution in [2.75, 3.05) is 12.3 Å². The number of para-hydroxylation sites is 1. The van der Waals surface area contributed by atoms with E-state index in [1.807, 2.05) is 0 Å². The predicted octanol–water partition coefficient (Wildman–Crippen LogP) is 0.669. The molecule has 1 heterocycles. The maximum Gasteiger partial charge on any atom is 0.307 e. The van der Waals surface area contributed by atoms with Gasteiger partial charge in [-0.1, -0.05) is 18.2 Å². The van der Waals surface area contributed by atoms with Gasteiger partial charge in [0.1, 0.15) is 5.25 Å². The topological polar surface area (TPSA) is 80.5 Å². The van der Waals surface area contributed by atoms with Crippen molar-refractivity contribution in [3.05, 3.63) is 29.8 Å². The summed E-state index contributed by atoms with van der Waals surface area (Å²) in [5.74, 6) is -0.371. The summed E-state index contributed by atoms with van der Waals surface area (Å²) < 4.78 is 34.4. The fourth-order valence-corrected chi connectivity index (χ4v) is 2.66. The highest BCUT2D eigenvalue weighted by atomic mass is 32.3. The number of hydrogen-bond donors (Lipinski definition) is 1. The van der Waals surface area contributed by atoms with Crippen LogP contribution in [0.2, 0.25) is 0 Å². The Labute approximate surface area is 105 Å². The smallest absolute Gasteiger partial charge is 0.307 e. The number of benzene rings is 1. The van der Waals surface area contributed by atoms with E-state index in [0.29, 0.717) is 5.69 Å². The SMILES string of the molecule is Nc1ccccc1CN1CC(S(=O)(=O)F)CC1=O. The van der Waals surface area contributed by atoms with Crippen molar-refractivity contribution in [3.8, 4) is 0 Å². The Bertz CT molecular complexity index is 573. The first-order valence-electron chi connectivity index (χ1n) is 5.42. The zero-order chi connectivity index (χ0) is 13.3. The highest BCUT2D eigenvalue weighted by Gasteiger charge is 2.38. The molecule has 1 aliphatic heterocycles. The summed E-state index contributed by atoms with van der Waals surface area (Å²) in [4.78, 5) is 12.9. The Kier molecular flexibility index (Phi) is 3.25. The van der Waals surface area contributed by atoms with Crippen LogP contribution in [-0.2, 0) is 21.6 Å². The third kappa shape index (κ3) is 2.61. The Morgan fingerprint density at radius 1 is 1.39 bits per heavy atom. The maximum absolute atomic E-state index is 12.8. The van der Waals surface area contributed by atoms with Crippen LogP contribution in [0.25, 0.3) is 0 Å². The first kappa shape index (κ1) is 12.8. The van der Waals surface area contributed by atoms with Crippen LogP contribution in [0.4, 0.5) is 9.57 Å². The fraction of sp³-hybridized carbons (Fsp3) is 0.364. The van der Waals surface area contributed by atoms with E-state index in [0.717, 1.165) is 5.56 Å². The number of nitrogen functional groups attached to an aromatic ring is 1. The zero-order valence-electron chi connectivity index (χ0n) is 9.54. The Balaban J connectivity index is 2.13. The van der Waals surface area contributed by atoms with Gasteiger partial charge in [0.25, 0.3) is 0 Å². The van der Waals surface area contributed by atoms with E-state index >= 15 is 0 Å². The van der Waals surface area contributed by atoms with Crippen LogP contribution >= 0.6 is 0 Å². The summed E-state index contributed by atoms with van der Waals surface area (Å²) in [7, 11) is -4.66. The molecule has 1 aliphatic rings. The van der Waals surface area contributed by atoms with Gasteiger partial charge < -0.3 is 10.6 Å². The molecule has 1 atom stereocenters. The Morgan fingerprint density at radius 2 is 2.06 bits per heavy atom. The maximum atomic E-state index is 12.8. The molecular formula is C11H13FN2O3S. The molecule has 98 valence electrons. The summed E-state index contributed by atoms with van der Waals surface area (Å²) in [6.07, 6.45) is -0.300. The normalized spacial score (nSPS) is 20.4. The second kappa shape index (κ2) is 4.56. The first-order chi connectivity index (χ1) is 8.38. The summed E-state index contributed by atoms with van der Waals surface area (Å²) in [5, 5.41) is -1.25. The number of amides is 1. The second-order valence-corrected chi connectivity index (χ2v) is 5.89. The van der Waals surface area contributed by atoms with Gasteiger partial charge in [-0.2, -0.15) is 8.42 Å². The number of halogens is 1. The van der Waals surface area contributed by atoms with E-state index in [1.165, 1.54) is 4.90 Å². The van der Waals surface area contributed by atoms with Gasteiger partial charge in [-0.05, 0) is 11.6 Å². The number of hydrogen-bond acceptors (Lipinski definition) is 4. The molecule has 1 aromatic carbocycles. The van der Waals surface area contributed by atoms with Crippen molar-refractivity contribution >= 4 is 21.8 Å². The van der Waals surface area contributed by atoms with Crippen LogP contribution in [0.3, 0.4) is 0 Å². The summed E-state index contributed by atoms with van der Waals surface area (Å²) in [6.45, 7) is 0.0868. The quantitative estimate of drug-likeness (QED) is 0.647. The molecule has 1 aromatic rings. The number of anilines is 1. The van der Waals surface area contributed by atoms with Crippen LogP contribution in [-0.4, -0.2) is 31.0 Å². The number of likely N-dealkylation sites (tertiary alicyclic amines) is 1. The lowest BCUT2D eigenvalue weighted by molar-refractivity contribution is -0.128. The first-order valence-corrected chi connectivity index (χ1v) is 6.87. The van der Waals surface area contributed by atoms with Crippen LogP contribution in [0.5, 0.6) is 0 Å². The van der Waals surface area contributed by atoms with Gasteiger partial charge in [-0.25, -0.2) is 0 Å². The lowest BCUT2D eigenvalue weighted by atomic mass is 10.2. The molecule has 2 rings (SSSR count).